The van der Waals surface area contributed by atoms with Crippen molar-refractivity contribution in [1.82, 2.24) is 15.0 Å². The molecule has 7 nitrogen and oxygen atoms in total. The lowest BCUT2D eigenvalue weighted by molar-refractivity contribution is -0.347. The lowest BCUT2D eigenvalue weighted by Crippen LogP contribution is -2.30. The van der Waals surface area contributed by atoms with E-state index in [1.54, 1.807) is 6.33 Å². The van der Waals surface area contributed by atoms with Crippen molar-refractivity contribution in [3.05, 3.63) is 47.4 Å². The minimum Gasteiger partial charge on any atom is -0.464 e. The molecule has 0 aliphatic heterocycles. The average molecular weight is 347 g/mol. The molecule has 124 valence electrons. The summed E-state index contributed by atoms with van der Waals surface area (Å²) in [7, 11) is 0. The fourth-order valence-electron chi connectivity index (χ4n) is 2.36. The SMILES string of the molecule is CC(=O)OC[C@H](Cc1ccccc1)Nc1nc(Cl)c2[nH]c[nH+]c2n1. The third-order valence-electron chi connectivity index (χ3n) is 3.44. The molecule has 24 heavy (non-hydrogen) atoms. The zero-order valence-corrected chi connectivity index (χ0v) is 13.8. The first kappa shape index (κ1) is 16.2. The molecule has 0 spiro atoms. The second-order valence-electron chi connectivity index (χ2n) is 5.33. The smallest absolute Gasteiger partial charge is 0.306 e. The van der Waals surface area contributed by atoms with Gasteiger partial charge in [-0.25, -0.2) is 4.98 Å². The zero-order chi connectivity index (χ0) is 16.9. The van der Waals surface area contributed by atoms with Gasteiger partial charge in [-0.2, -0.15) is 4.98 Å². The maximum absolute atomic E-state index is 11.1. The fraction of sp³-hybridized carbons (Fsp3) is 0.250. The summed E-state index contributed by atoms with van der Waals surface area (Å²) in [6, 6.07) is 9.73. The van der Waals surface area contributed by atoms with Crippen LogP contribution in [0, 0.1) is 0 Å². The van der Waals surface area contributed by atoms with Crippen molar-refractivity contribution in [3.8, 4) is 0 Å². The first-order chi connectivity index (χ1) is 11.6. The van der Waals surface area contributed by atoms with Gasteiger partial charge in [0.25, 0.3) is 0 Å². The Balaban J connectivity index is 1.79. The molecule has 1 aromatic carbocycles. The molecule has 0 aliphatic carbocycles. The van der Waals surface area contributed by atoms with Gasteiger partial charge >= 0.3 is 17.6 Å². The van der Waals surface area contributed by atoms with Crippen molar-refractivity contribution in [2.45, 2.75) is 19.4 Å². The Bertz CT molecular complexity index is 837. The number of aromatic amines is 2. The van der Waals surface area contributed by atoms with E-state index < -0.39 is 0 Å². The molecule has 0 saturated carbocycles. The molecule has 2 aromatic heterocycles. The number of ether oxygens (including phenoxy) is 1. The van der Waals surface area contributed by atoms with Crippen LogP contribution in [0.1, 0.15) is 12.5 Å². The molecule has 3 aromatic rings. The minimum atomic E-state index is -0.330. The second kappa shape index (κ2) is 7.27. The predicted octanol–water partition coefficient (Wildman–Crippen LogP) is 2.01. The second-order valence-corrected chi connectivity index (χ2v) is 5.69. The van der Waals surface area contributed by atoms with Crippen LogP contribution in [0.4, 0.5) is 5.95 Å². The molecule has 0 bridgehead atoms. The first-order valence-electron chi connectivity index (χ1n) is 7.48. The van der Waals surface area contributed by atoms with Crippen LogP contribution in [0.15, 0.2) is 36.7 Å². The quantitative estimate of drug-likeness (QED) is 0.526. The number of carbonyl (C=O) groups is 1. The number of aromatic nitrogens is 4. The van der Waals surface area contributed by atoms with Crippen LogP contribution >= 0.6 is 11.6 Å². The molecule has 8 heteroatoms. The Kier molecular flexibility index (Phi) is 4.90. The van der Waals surface area contributed by atoms with E-state index in [-0.39, 0.29) is 18.6 Å². The highest BCUT2D eigenvalue weighted by Gasteiger charge is 2.18. The van der Waals surface area contributed by atoms with Gasteiger partial charge in [-0.3, -0.25) is 9.78 Å². The number of esters is 1. The molecule has 0 radical (unpaired) electrons. The number of rotatable bonds is 6. The molecule has 0 amide bonds. The molecule has 1 atom stereocenters. The van der Waals surface area contributed by atoms with Gasteiger partial charge in [-0.1, -0.05) is 46.9 Å². The van der Waals surface area contributed by atoms with E-state index in [2.05, 4.69) is 25.3 Å². The molecule has 0 saturated heterocycles. The Morgan fingerprint density at radius 3 is 2.92 bits per heavy atom. The lowest BCUT2D eigenvalue weighted by Gasteiger charge is -2.17. The summed E-state index contributed by atoms with van der Waals surface area (Å²) in [5.74, 6) is 0.0414. The molecule has 0 unspecified atom stereocenters. The summed E-state index contributed by atoms with van der Waals surface area (Å²) in [6.45, 7) is 1.59. The molecule has 3 N–H and O–H groups in total. The number of nitrogens with zero attached hydrogens (tertiary/aromatic N) is 2. The van der Waals surface area contributed by atoms with E-state index in [1.807, 2.05) is 30.3 Å². The Hall–Kier alpha value is -2.67. The van der Waals surface area contributed by atoms with Crippen LogP contribution in [0.25, 0.3) is 11.2 Å². The van der Waals surface area contributed by atoms with Crippen molar-refractivity contribution < 1.29 is 14.5 Å². The number of carbonyl (C=O) groups excluding carboxylic acids is 1. The lowest BCUT2D eigenvalue weighted by atomic mass is 10.1. The van der Waals surface area contributed by atoms with E-state index in [0.717, 1.165) is 5.56 Å². The van der Waals surface area contributed by atoms with Crippen molar-refractivity contribution in [2.75, 3.05) is 11.9 Å². The van der Waals surface area contributed by atoms with Crippen LogP contribution in [0.3, 0.4) is 0 Å². The molecule has 2 heterocycles. The number of hydrogen-bond acceptors (Lipinski definition) is 5. The van der Waals surface area contributed by atoms with E-state index in [1.165, 1.54) is 6.92 Å². The monoisotopic (exact) mass is 346 g/mol. The van der Waals surface area contributed by atoms with Gasteiger partial charge in [0.1, 0.15) is 6.61 Å². The van der Waals surface area contributed by atoms with E-state index in [0.29, 0.717) is 28.7 Å². The minimum absolute atomic E-state index is 0.177. The first-order valence-corrected chi connectivity index (χ1v) is 7.86. The third kappa shape index (κ3) is 3.99. The number of benzene rings is 1. The van der Waals surface area contributed by atoms with Crippen molar-refractivity contribution in [1.29, 1.82) is 0 Å². The Morgan fingerprint density at radius 1 is 1.38 bits per heavy atom. The van der Waals surface area contributed by atoms with Crippen molar-refractivity contribution >= 4 is 34.7 Å². The summed E-state index contributed by atoms with van der Waals surface area (Å²) in [5.41, 5.74) is 2.35. The van der Waals surface area contributed by atoms with E-state index in [9.17, 15) is 4.79 Å². The predicted molar refractivity (Wildman–Crippen MR) is 89.6 cm³/mol. The fourth-order valence-corrected chi connectivity index (χ4v) is 2.58. The van der Waals surface area contributed by atoms with Gasteiger partial charge in [0.2, 0.25) is 5.52 Å². The van der Waals surface area contributed by atoms with Crippen LogP contribution in [-0.4, -0.2) is 33.6 Å². The maximum atomic E-state index is 11.1. The van der Waals surface area contributed by atoms with Crippen molar-refractivity contribution in [3.63, 3.8) is 0 Å². The van der Waals surface area contributed by atoms with E-state index in [4.69, 9.17) is 16.3 Å². The summed E-state index contributed by atoms with van der Waals surface area (Å²) >= 11 is 6.15. The molecular weight excluding hydrogens is 330 g/mol. The zero-order valence-electron chi connectivity index (χ0n) is 13.0. The van der Waals surface area contributed by atoms with Gasteiger partial charge in [-0.15, -0.1) is 0 Å². The van der Waals surface area contributed by atoms with E-state index >= 15 is 0 Å². The summed E-state index contributed by atoms with van der Waals surface area (Å²) in [5, 5.41) is 3.50. The van der Waals surface area contributed by atoms with Crippen molar-refractivity contribution in [2.24, 2.45) is 0 Å². The van der Waals surface area contributed by atoms with Crippen LogP contribution in [-0.2, 0) is 16.0 Å². The topological polar surface area (TPSA) is 94.0 Å². The summed E-state index contributed by atoms with van der Waals surface area (Å²) in [6.07, 6.45) is 2.29. The van der Waals surface area contributed by atoms with Crippen LogP contribution < -0.4 is 10.3 Å². The highest BCUT2D eigenvalue weighted by molar-refractivity contribution is 6.33. The normalized spacial score (nSPS) is 12.1. The molecular formula is C16H17ClN5O2+. The molecule has 0 aliphatic rings. The van der Waals surface area contributed by atoms with Gasteiger partial charge in [0.15, 0.2) is 11.5 Å². The van der Waals surface area contributed by atoms with Gasteiger partial charge < -0.3 is 10.1 Å². The highest BCUT2D eigenvalue weighted by atomic mass is 35.5. The number of anilines is 1. The number of hydrogen-bond donors (Lipinski definition) is 2. The summed E-state index contributed by atoms with van der Waals surface area (Å²) in [4.78, 5) is 25.6. The van der Waals surface area contributed by atoms with Gasteiger partial charge in [-0.05, 0) is 12.0 Å². The number of fused-ring (bicyclic) bond motifs is 1. The summed E-state index contributed by atoms with van der Waals surface area (Å²) < 4.78 is 5.15. The maximum Gasteiger partial charge on any atom is 0.306 e. The number of halogens is 1. The number of nitrogens with one attached hydrogen (secondary N) is 3. The van der Waals surface area contributed by atoms with Crippen LogP contribution in [0.2, 0.25) is 5.15 Å². The third-order valence-corrected chi connectivity index (χ3v) is 3.71. The highest BCUT2D eigenvalue weighted by Crippen LogP contribution is 2.17. The average Bonchev–Trinajstić information content (AvgIpc) is 3.02. The number of imidazole rings is 1. The Morgan fingerprint density at radius 2 is 2.17 bits per heavy atom. The largest absolute Gasteiger partial charge is 0.464 e. The molecule has 0 fully saturated rings. The van der Waals surface area contributed by atoms with Gasteiger partial charge in [0, 0.05) is 6.92 Å². The van der Waals surface area contributed by atoms with Crippen LogP contribution in [0.5, 0.6) is 0 Å². The Labute approximate surface area is 143 Å². The van der Waals surface area contributed by atoms with Gasteiger partial charge in [0.05, 0.1) is 6.04 Å². The molecule has 3 rings (SSSR count). The standard InChI is InChI=1S/C16H16ClN5O2/c1-10(23)24-8-12(7-11-5-3-2-4-6-11)20-16-21-14(17)13-15(22-16)19-9-18-13/h2-6,9,12H,7-8H2,1H3,(H2,18,19,20,21,22)/p+1/t12-/m0/s1. The number of H-pyrrole nitrogens is 2.